The van der Waals surface area contributed by atoms with Gasteiger partial charge in [0.1, 0.15) is 0 Å². The molecule has 3 nitrogen and oxygen atoms in total. The molecule has 2 rings (SSSR count). The highest BCUT2D eigenvalue weighted by atomic mass is 16.5. The van der Waals surface area contributed by atoms with Crippen LogP contribution in [0.4, 0.5) is 0 Å². The second kappa shape index (κ2) is 6.14. The highest BCUT2D eigenvalue weighted by molar-refractivity contribution is 5.14. The van der Waals surface area contributed by atoms with E-state index in [1.807, 2.05) is 12.1 Å². The molecule has 1 aromatic rings. The highest BCUT2D eigenvalue weighted by Gasteiger charge is 2.39. The van der Waals surface area contributed by atoms with Gasteiger partial charge >= 0.3 is 0 Å². The number of aliphatic hydroxyl groups is 1. The molecule has 18 heavy (non-hydrogen) atoms. The minimum absolute atomic E-state index is 0.0716. The van der Waals surface area contributed by atoms with Gasteiger partial charge in [0.05, 0.1) is 25.2 Å². The van der Waals surface area contributed by atoms with Crippen LogP contribution in [0.15, 0.2) is 43.0 Å². The van der Waals surface area contributed by atoms with Gasteiger partial charge in [-0.1, -0.05) is 36.4 Å². The van der Waals surface area contributed by atoms with Gasteiger partial charge in [-0.15, -0.1) is 6.58 Å². The average Bonchev–Trinajstić information content (AvgIpc) is 2.35. The van der Waals surface area contributed by atoms with Crippen LogP contribution >= 0.6 is 0 Å². The van der Waals surface area contributed by atoms with E-state index in [-0.39, 0.29) is 12.0 Å². The lowest BCUT2D eigenvalue weighted by atomic mass is 9.86. The lowest BCUT2D eigenvalue weighted by Crippen LogP contribution is -2.53. The van der Waals surface area contributed by atoms with Crippen LogP contribution in [0.1, 0.15) is 5.56 Å². The molecule has 3 heteroatoms. The lowest BCUT2D eigenvalue weighted by molar-refractivity contribution is -0.148. The summed E-state index contributed by atoms with van der Waals surface area (Å²) in [5.41, 5.74) is 1.21. The fourth-order valence-electron chi connectivity index (χ4n) is 2.31. The fourth-order valence-corrected chi connectivity index (χ4v) is 2.31. The normalized spacial score (nSPS) is 17.4. The molecule has 0 aliphatic carbocycles. The van der Waals surface area contributed by atoms with Crippen LogP contribution in [0.25, 0.3) is 0 Å². The van der Waals surface area contributed by atoms with Gasteiger partial charge < -0.3 is 9.84 Å². The van der Waals surface area contributed by atoms with Gasteiger partial charge in [0.15, 0.2) is 0 Å². The van der Waals surface area contributed by atoms with Crippen molar-refractivity contribution in [2.24, 2.45) is 5.41 Å². The summed E-state index contributed by atoms with van der Waals surface area (Å²) in [5, 5.41) is 9.49. The van der Waals surface area contributed by atoms with E-state index in [9.17, 15) is 5.11 Å². The summed E-state index contributed by atoms with van der Waals surface area (Å²) >= 11 is 0. The number of hydrogen-bond acceptors (Lipinski definition) is 3. The van der Waals surface area contributed by atoms with Crippen LogP contribution in [0.3, 0.4) is 0 Å². The third-order valence-corrected chi connectivity index (χ3v) is 3.35. The summed E-state index contributed by atoms with van der Waals surface area (Å²) in [6.07, 6.45) is 1.91. The Labute approximate surface area is 109 Å². The Balaban J connectivity index is 1.97. The van der Waals surface area contributed by atoms with Crippen molar-refractivity contribution in [3.8, 4) is 0 Å². The van der Waals surface area contributed by atoms with Crippen molar-refractivity contribution in [2.45, 2.75) is 6.54 Å². The quantitative estimate of drug-likeness (QED) is 0.744. The Morgan fingerprint density at radius 2 is 2.06 bits per heavy atom. The molecule has 1 aromatic carbocycles. The van der Waals surface area contributed by atoms with Crippen molar-refractivity contribution in [3.63, 3.8) is 0 Å². The summed E-state index contributed by atoms with van der Waals surface area (Å²) in [7, 11) is 0. The molecular weight excluding hydrogens is 226 g/mol. The first-order valence-corrected chi connectivity index (χ1v) is 6.34. The van der Waals surface area contributed by atoms with Crippen molar-refractivity contribution in [1.29, 1.82) is 0 Å². The van der Waals surface area contributed by atoms with E-state index in [4.69, 9.17) is 4.74 Å². The molecule has 0 radical (unpaired) electrons. The molecule has 1 saturated heterocycles. The Kier molecular flexibility index (Phi) is 4.53. The fraction of sp³-hybridized carbons (Fsp3) is 0.467. The molecule has 0 spiro atoms. The summed E-state index contributed by atoms with van der Waals surface area (Å²) in [4.78, 5) is 2.31. The Morgan fingerprint density at radius 3 is 2.56 bits per heavy atom. The first-order chi connectivity index (χ1) is 8.78. The second-order valence-electron chi connectivity index (χ2n) is 5.09. The molecule has 1 aliphatic rings. The number of nitrogens with zero attached hydrogens (tertiary/aromatic N) is 1. The highest BCUT2D eigenvalue weighted by Crippen LogP contribution is 2.28. The van der Waals surface area contributed by atoms with Crippen LogP contribution in [0.2, 0.25) is 0 Å². The van der Waals surface area contributed by atoms with E-state index in [1.54, 1.807) is 0 Å². The molecule has 0 amide bonds. The van der Waals surface area contributed by atoms with Gasteiger partial charge in [0.2, 0.25) is 0 Å². The van der Waals surface area contributed by atoms with Crippen LogP contribution in [0.5, 0.6) is 0 Å². The van der Waals surface area contributed by atoms with Gasteiger partial charge in [-0.2, -0.15) is 0 Å². The van der Waals surface area contributed by atoms with E-state index in [0.29, 0.717) is 13.2 Å². The molecule has 0 saturated carbocycles. The second-order valence-corrected chi connectivity index (χ2v) is 5.09. The first-order valence-electron chi connectivity index (χ1n) is 6.34. The maximum atomic E-state index is 9.49. The third-order valence-electron chi connectivity index (χ3n) is 3.35. The van der Waals surface area contributed by atoms with E-state index >= 15 is 0 Å². The van der Waals surface area contributed by atoms with Gasteiger partial charge in [0, 0.05) is 19.6 Å². The third kappa shape index (κ3) is 3.19. The van der Waals surface area contributed by atoms with Crippen molar-refractivity contribution >= 4 is 0 Å². The van der Waals surface area contributed by atoms with Crippen molar-refractivity contribution in [1.82, 2.24) is 4.90 Å². The standard InChI is InChI=1S/C15H21NO2/c1-2-8-16(9-14-6-4-3-5-7-14)10-15(11-17)12-18-13-15/h2-7,17H,1,8-13H2. The van der Waals surface area contributed by atoms with Crippen LogP contribution in [-0.4, -0.2) is 42.9 Å². The number of rotatable bonds is 7. The molecule has 1 heterocycles. The summed E-state index contributed by atoms with van der Waals surface area (Å²) in [6.45, 7) is 7.88. The molecule has 1 aliphatic heterocycles. The molecule has 0 unspecified atom stereocenters. The first kappa shape index (κ1) is 13.3. The summed E-state index contributed by atoms with van der Waals surface area (Å²) in [5.74, 6) is 0. The van der Waals surface area contributed by atoms with Crippen molar-refractivity contribution in [3.05, 3.63) is 48.6 Å². The maximum Gasteiger partial charge on any atom is 0.0579 e. The molecule has 0 bridgehead atoms. The van der Waals surface area contributed by atoms with E-state index in [0.717, 1.165) is 19.6 Å². The molecule has 1 N–H and O–H groups in total. The van der Waals surface area contributed by atoms with E-state index < -0.39 is 0 Å². The molecule has 0 atom stereocenters. The summed E-state index contributed by atoms with van der Waals surface area (Å²) < 4.78 is 5.25. The summed E-state index contributed by atoms with van der Waals surface area (Å²) in [6, 6.07) is 10.4. The Bertz CT molecular complexity index is 368. The zero-order valence-corrected chi connectivity index (χ0v) is 10.7. The monoisotopic (exact) mass is 247 g/mol. The van der Waals surface area contributed by atoms with E-state index in [1.165, 1.54) is 5.56 Å². The predicted octanol–water partition coefficient (Wildman–Crippen LogP) is 1.68. The van der Waals surface area contributed by atoms with Gasteiger partial charge in [-0.25, -0.2) is 0 Å². The average molecular weight is 247 g/mol. The molecule has 98 valence electrons. The maximum absolute atomic E-state index is 9.49. The topological polar surface area (TPSA) is 32.7 Å². The van der Waals surface area contributed by atoms with E-state index in [2.05, 4.69) is 35.7 Å². The number of aliphatic hydroxyl groups excluding tert-OH is 1. The van der Waals surface area contributed by atoms with Gasteiger partial charge in [-0.05, 0) is 5.56 Å². The smallest absolute Gasteiger partial charge is 0.0579 e. The largest absolute Gasteiger partial charge is 0.396 e. The van der Waals surface area contributed by atoms with Crippen LogP contribution in [0, 0.1) is 5.41 Å². The molecule has 0 aromatic heterocycles. The number of ether oxygens (including phenoxy) is 1. The Hall–Kier alpha value is -1.16. The number of benzene rings is 1. The van der Waals surface area contributed by atoms with Crippen LogP contribution in [-0.2, 0) is 11.3 Å². The minimum atomic E-state index is -0.0716. The number of hydrogen-bond donors (Lipinski definition) is 1. The molecular formula is C15H21NO2. The zero-order valence-electron chi connectivity index (χ0n) is 10.7. The predicted molar refractivity (Wildman–Crippen MR) is 72.3 cm³/mol. The Morgan fingerprint density at radius 1 is 1.33 bits per heavy atom. The molecule has 1 fully saturated rings. The SMILES string of the molecule is C=CCN(Cc1ccccc1)CC1(CO)COC1. The van der Waals surface area contributed by atoms with Crippen LogP contribution < -0.4 is 0 Å². The van der Waals surface area contributed by atoms with Gasteiger partial charge in [-0.3, -0.25) is 4.90 Å². The van der Waals surface area contributed by atoms with Gasteiger partial charge in [0.25, 0.3) is 0 Å². The van der Waals surface area contributed by atoms with Crippen molar-refractivity contribution < 1.29 is 9.84 Å². The lowest BCUT2D eigenvalue weighted by Gasteiger charge is -2.43. The zero-order chi connectivity index (χ0) is 12.8. The van der Waals surface area contributed by atoms with Crippen molar-refractivity contribution in [2.75, 3.05) is 32.9 Å². The minimum Gasteiger partial charge on any atom is -0.396 e.